The Morgan fingerprint density at radius 1 is 0.110 bits per heavy atom. The highest BCUT2D eigenvalue weighted by molar-refractivity contribution is 5.51. The van der Waals surface area contributed by atoms with Crippen molar-refractivity contribution in [1.82, 2.24) is 0 Å². The van der Waals surface area contributed by atoms with Crippen molar-refractivity contribution >= 4 is 0 Å². The van der Waals surface area contributed by atoms with E-state index in [2.05, 4.69) is 14.1 Å². The monoisotopic (exact) mass is 1980 g/mol. The lowest BCUT2D eigenvalue weighted by molar-refractivity contribution is -0.916. The SMILES string of the molecule is COc1cc(COc2cc(COc3cc(C[N+](C)(C)Cc4cc(OCc5cc(OCc6cc(OC)cc(OC)c6)cc(OCc6cc(OC)cc(OC)c6)c5)cc(OCc5cc(OCc6cc(OC)cc(OC)c6)cc(OCc6cc(OC)cc(OC)c6)c5)c4)cc(OCc4cc(OCc5cc(OC)cc(OC)c5)cc(OCc5cc(OC)cc(OC)c5)c4)c3)cc(OCc3cc(OC)cc(OC)c3)c2)cc(OC)c1. The summed E-state index contributed by atoms with van der Waals surface area (Å²) in [5, 5.41) is 0. The Morgan fingerprint density at radius 2 is 0.186 bits per heavy atom. The number of hydrogen-bond donors (Lipinski definition) is 0. The van der Waals surface area contributed by atoms with Crippen LogP contribution in [0.2, 0.25) is 0 Å². The van der Waals surface area contributed by atoms with Crippen molar-refractivity contribution in [3.63, 3.8) is 0 Å². The van der Waals surface area contributed by atoms with Crippen LogP contribution in [0, 0.1) is 0 Å². The number of ether oxygens (including phenoxy) is 28. The van der Waals surface area contributed by atoms with E-state index in [4.69, 9.17) is 133 Å². The van der Waals surface area contributed by atoms with Crippen molar-refractivity contribution in [2.45, 2.75) is 92.4 Å². The Balaban J connectivity index is 0.825. The zero-order chi connectivity index (χ0) is 102. The van der Waals surface area contributed by atoms with Crippen molar-refractivity contribution < 1.29 is 137 Å². The molecule has 0 saturated carbocycles. The van der Waals surface area contributed by atoms with E-state index < -0.39 is 0 Å². The molecule has 0 unspecified atom stereocenters. The van der Waals surface area contributed by atoms with Gasteiger partial charge in [-0.3, -0.25) is 0 Å². The molecule has 0 aliphatic rings. The van der Waals surface area contributed by atoms with Gasteiger partial charge in [0.2, 0.25) is 0 Å². The van der Waals surface area contributed by atoms with Gasteiger partial charge < -0.3 is 137 Å². The molecule has 0 heterocycles. The second kappa shape index (κ2) is 51.2. The molecule has 0 spiro atoms. The number of nitrogens with zero attached hydrogens (tertiary/aromatic N) is 1. The predicted molar refractivity (Wildman–Crippen MR) is 547 cm³/mol. The van der Waals surface area contributed by atoms with Crippen LogP contribution in [0.1, 0.15) is 77.9 Å². The molecular formula is C116H124NO28+. The summed E-state index contributed by atoms with van der Waals surface area (Å²) in [5.74, 6) is 15.9. The van der Waals surface area contributed by atoms with Gasteiger partial charge in [-0.25, -0.2) is 0 Å². The molecule has 0 N–H and O–H groups in total. The van der Waals surface area contributed by atoms with Crippen LogP contribution in [0.5, 0.6) is 161 Å². The normalized spacial score (nSPS) is 10.9. The molecule has 29 nitrogen and oxygen atoms in total. The van der Waals surface area contributed by atoms with Gasteiger partial charge in [0.25, 0.3) is 0 Å². The summed E-state index contributed by atoms with van der Waals surface area (Å²) in [6, 6.07) is 79.4. The van der Waals surface area contributed by atoms with E-state index in [1.807, 2.05) is 255 Å². The van der Waals surface area contributed by atoms with E-state index >= 15 is 0 Å². The average Bonchev–Trinajstić information content (AvgIpc) is 0.815. The fraction of sp³-hybridized carbons (Fsp3) is 0.276. The Labute approximate surface area is 846 Å². The van der Waals surface area contributed by atoms with Gasteiger partial charge in [0.1, 0.15) is 253 Å². The smallest absolute Gasteiger partial charge is 0.124 e. The van der Waals surface area contributed by atoms with Crippen molar-refractivity contribution in [3.8, 4) is 161 Å². The highest BCUT2D eigenvalue weighted by atomic mass is 16.5. The standard InChI is InChI=1S/C116H124NO28/c1-117(2,61-75-19-105(134-71-85-39-109(138-63-77-23-89(118-3)47-90(24-77)119-4)57-110(40-85)139-64-78-25-91(120-5)48-92(26-78)121-6)55-106(20-75)135-72-86-41-111(140-65-79-27-93(122-7)49-94(28-79)123-8)58-112(42-86)141-66-80-29-95(124-9)50-96(30-80)125-10)62-76-21-107(136-73-87-43-113(142-67-81-31-97(126-11)51-98(32-81)127-12)59-114(44-87)143-68-82-33-99(128-13)52-100(34-82)129-14)56-108(22-76)137-74-88-45-115(144-69-83-35-101(130-15)53-102(36-83)131-16)60-116(46-88)145-70-84-37-103(132-17)54-104(38-84)133-18/h19-60H,61-74H2,1-18H3/q+1. The maximum absolute atomic E-state index is 7.02. The number of hydrogen-bond acceptors (Lipinski definition) is 28. The first-order valence-corrected chi connectivity index (χ1v) is 46.4. The summed E-state index contributed by atoms with van der Waals surface area (Å²) >= 11 is 0. The Bertz CT molecular complexity index is 5400. The van der Waals surface area contributed by atoms with Crippen LogP contribution in [-0.2, 0) is 92.4 Å². The van der Waals surface area contributed by atoms with Crippen LogP contribution < -0.4 is 133 Å². The van der Waals surface area contributed by atoms with E-state index in [-0.39, 0.29) is 79.3 Å². The van der Waals surface area contributed by atoms with Gasteiger partial charge in [-0.05, 0) is 237 Å². The zero-order valence-electron chi connectivity index (χ0n) is 85.0. The number of rotatable bonds is 56. The highest BCUT2D eigenvalue weighted by Crippen LogP contribution is 2.40. The van der Waals surface area contributed by atoms with Crippen molar-refractivity contribution in [2.24, 2.45) is 0 Å². The highest BCUT2D eigenvalue weighted by Gasteiger charge is 2.24. The maximum Gasteiger partial charge on any atom is 0.124 e. The molecule has 14 rings (SSSR count). The maximum atomic E-state index is 7.02. The molecule has 0 fully saturated rings. The van der Waals surface area contributed by atoms with Crippen LogP contribution in [-0.4, -0.2) is 132 Å². The van der Waals surface area contributed by atoms with E-state index in [9.17, 15) is 0 Å². The van der Waals surface area contributed by atoms with Crippen molar-refractivity contribution in [2.75, 3.05) is 128 Å². The molecule has 0 amide bonds. The van der Waals surface area contributed by atoms with Gasteiger partial charge in [0.05, 0.1) is 128 Å². The van der Waals surface area contributed by atoms with Gasteiger partial charge >= 0.3 is 0 Å². The molecule has 0 aromatic heterocycles. The lowest BCUT2D eigenvalue weighted by atomic mass is 10.1. The molecule has 0 radical (unpaired) electrons. The van der Waals surface area contributed by atoms with Gasteiger partial charge in [0, 0.05) is 96.1 Å². The Morgan fingerprint density at radius 3 is 0.276 bits per heavy atom. The summed E-state index contributed by atoms with van der Waals surface area (Å²) in [7, 11) is 30.0. The van der Waals surface area contributed by atoms with E-state index in [1.54, 1.807) is 114 Å². The van der Waals surface area contributed by atoms with Crippen molar-refractivity contribution in [3.05, 3.63) is 333 Å². The number of quaternary nitrogens is 1. The number of methoxy groups -OCH3 is 16. The molecule has 29 heteroatoms. The molecule has 0 atom stereocenters. The van der Waals surface area contributed by atoms with Gasteiger partial charge in [-0.2, -0.15) is 0 Å². The zero-order valence-corrected chi connectivity index (χ0v) is 85.0. The minimum absolute atomic E-state index is 0.0514. The third-order valence-electron chi connectivity index (χ3n) is 23.0. The van der Waals surface area contributed by atoms with Crippen molar-refractivity contribution in [1.29, 1.82) is 0 Å². The fourth-order valence-corrected chi connectivity index (χ4v) is 15.9. The largest absolute Gasteiger partial charge is 0.497 e. The van der Waals surface area contributed by atoms with Crippen LogP contribution in [0.4, 0.5) is 0 Å². The first-order chi connectivity index (χ1) is 70.5. The van der Waals surface area contributed by atoms with Crippen LogP contribution in [0.3, 0.4) is 0 Å². The molecule has 0 bridgehead atoms. The summed E-state index contributed by atoms with van der Waals surface area (Å²) < 4.78 is 172. The number of benzene rings is 14. The topological polar surface area (TPSA) is 258 Å². The molecule has 0 aliphatic carbocycles. The Hall–Kier alpha value is -16.6. The Kier molecular flexibility index (Phi) is 36.8. The molecule has 0 aliphatic heterocycles. The second-order valence-corrected chi connectivity index (χ2v) is 34.4. The van der Waals surface area contributed by atoms with E-state index in [1.165, 1.54) is 0 Å². The fourth-order valence-electron chi connectivity index (χ4n) is 15.9. The molecule has 14 aromatic carbocycles. The summed E-state index contributed by atoms with van der Waals surface area (Å²) in [6.07, 6.45) is 0. The van der Waals surface area contributed by atoms with Gasteiger partial charge in [-0.1, -0.05) is 0 Å². The second-order valence-electron chi connectivity index (χ2n) is 34.4. The summed E-state index contributed by atoms with van der Waals surface area (Å²) in [5.41, 5.74) is 11.1. The lowest BCUT2D eigenvalue weighted by Crippen LogP contribution is -2.37. The first kappa shape index (κ1) is 104. The molecule has 760 valence electrons. The summed E-state index contributed by atoms with van der Waals surface area (Å²) in [6.45, 7) is 2.34. The third-order valence-corrected chi connectivity index (χ3v) is 23.0. The quantitative estimate of drug-likeness (QED) is 0.0321. The minimum Gasteiger partial charge on any atom is -0.497 e. The minimum atomic E-state index is 0.0514. The van der Waals surface area contributed by atoms with Gasteiger partial charge in [-0.15, -0.1) is 0 Å². The molecule has 0 saturated heterocycles. The van der Waals surface area contributed by atoms with Crippen LogP contribution >= 0.6 is 0 Å². The predicted octanol–water partition coefficient (Wildman–Crippen LogP) is 22.5. The van der Waals surface area contributed by atoms with Gasteiger partial charge in [0.15, 0.2) is 0 Å². The third kappa shape index (κ3) is 31.2. The average molecular weight is 1980 g/mol. The summed E-state index contributed by atoms with van der Waals surface area (Å²) in [4.78, 5) is 0. The molecule has 145 heavy (non-hydrogen) atoms. The van der Waals surface area contributed by atoms with Crippen LogP contribution in [0.15, 0.2) is 255 Å². The first-order valence-electron chi connectivity index (χ1n) is 46.4. The molecule has 14 aromatic rings. The molecular weight excluding hydrogens is 1860 g/mol. The van der Waals surface area contributed by atoms with E-state index in [0.717, 1.165) is 77.9 Å². The van der Waals surface area contributed by atoms with E-state index in [0.29, 0.717) is 179 Å². The van der Waals surface area contributed by atoms with Crippen LogP contribution in [0.25, 0.3) is 0 Å². The lowest BCUT2D eigenvalue weighted by Gasteiger charge is -2.30.